The minimum atomic E-state index is -0.0453. The van der Waals surface area contributed by atoms with Crippen molar-refractivity contribution in [3.63, 3.8) is 0 Å². The Morgan fingerprint density at radius 1 is 1.08 bits per heavy atom. The first kappa shape index (κ1) is 20.7. The van der Waals surface area contributed by atoms with Crippen molar-refractivity contribution in [3.8, 4) is 6.07 Å². The molecule has 0 saturated carbocycles. The van der Waals surface area contributed by atoms with Crippen molar-refractivity contribution in [3.05, 3.63) is 35.9 Å². The van der Waals surface area contributed by atoms with E-state index in [-0.39, 0.29) is 23.7 Å². The van der Waals surface area contributed by atoms with Crippen LogP contribution in [0.2, 0.25) is 0 Å². The fraction of sp³-hybridized carbons (Fsp3) is 0.550. The summed E-state index contributed by atoms with van der Waals surface area (Å²) in [5, 5.41) is 8.81. The topological polar surface area (TPSA) is 64.4 Å². The third-order valence-electron chi connectivity index (χ3n) is 3.77. The highest BCUT2D eigenvalue weighted by Gasteiger charge is 2.21. The lowest BCUT2D eigenvalue weighted by Gasteiger charge is -2.30. The molecule has 0 radical (unpaired) electrons. The van der Waals surface area contributed by atoms with Crippen molar-refractivity contribution in [2.45, 2.75) is 47.1 Å². The lowest BCUT2D eigenvalue weighted by Crippen LogP contribution is -2.40. The highest BCUT2D eigenvalue weighted by atomic mass is 16.2. The van der Waals surface area contributed by atoms with Gasteiger partial charge in [0.25, 0.3) is 0 Å². The molecule has 0 aromatic heterocycles. The van der Waals surface area contributed by atoms with E-state index in [0.29, 0.717) is 32.6 Å². The normalized spacial score (nSPS) is 10.8. The zero-order valence-corrected chi connectivity index (χ0v) is 15.8. The summed E-state index contributed by atoms with van der Waals surface area (Å²) in [5.74, 6) is -0.0551. The predicted molar refractivity (Wildman–Crippen MR) is 98.4 cm³/mol. The largest absolute Gasteiger partial charge is 0.341 e. The maximum Gasteiger partial charge on any atom is 0.224 e. The fourth-order valence-electron chi connectivity index (χ4n) is 2.59. The molecule has 0 spiro atoms. The number of hydrogen-bond acceptors (Lipinski definition) is 3. The first-order valence-electron chi connectivity index (χ1n) is 8.67. The zero-order chi connectivity index (χ0) is 18.9. The van der Waals surface area contributed by atoms with Crippen molar-refractivity contribution < 1.29 is 9.59 Å². The Bertz CT molecular complexity index is 600. The van der Waals surface area contributed by atoms with E-state index in [1.54, 1.807) is 9.80 Å². The molecule has 0 aliphatic rings. The van der Waals surface area contributed by atoms with Gasteiger partial charge < -0.3 is 9.80 Å². The molecule has 2 amide bonds. The molecule has 5 nitrogen and oxygen atoms in total. The molecule has 136 valence electrons. The molecule has 0 N–H and O–H groups in total. The van der Waals surface area contributed by atoms with Gasteiger partial charge in [0.05, 0.1) is 12.5 Å². The highest BCUT2D eigenvalue weighted by molar-refractivity contribution is 5.78. The van der Waals surface area contributed by atoms with Gasteiger partial charge in [0.1, 0.15) is 0 Å². The molecule has 0 fully saturated rings. The highest BCUT2D eigenvalue weighted by Crippen LogP contribution is 2.16. The maximum absolute atomic E-state index is 12.6. The van der Waals surface area contributed by atoms with E-state index in [1.165, 1.54) is 6.92 Å². The average molecular weight is 343 g/mol. The van der Waals surface area contributed by atoms with Crippen LogP contribution in [0.1, 0.15) is 46.1 Å². The van der Waals surface area contributed by atoms with Gasteiger partial charge in [-0.15, -0.1) is 0 Å². The summed E-state index contributed by atoms with van der Waals surface area (Å²) in [6.07, 6.45) is 0.593. The molecule has 0 aliphatic heterocycles. The monoisotopic (exact) mass is 343 g/mol. The SMILES string of the molecule is CC(=O)N(CCC(=O)N(CCC#N)CC(C)(C)C)Cc1ccccc1. The van der Waals surface area contributed by atoms with Gasteiger partial charge in [0.2, 0.25) is 11.8 Å². The molecule has 0 atom stereocenters. The number of nitrogens with zero attached hydrogens (tertiary/aromatic N) is 3. The van der Waals surface area contributed by atoms with Gasteiger partial charge in [-0.05, 0) is 11.0 Å². The number of nitriles is 1. The molecule has 0 heterocycles. The second-order valence-electron chi connectivity index (χ2n) is 7.46. The van der Waals surface area contributed by atoms with E-state index in [0.717, 1.165) is 5.56 Å². The van der Waals surface area contributed by atoms with Crippen LogP contribution in [-0.2, 0) is 16.1 Å². The second-order valence-corrected chi connectivity index (χ2v) is 7.46. The van der Waals surface area contributed by atoms with Gasteiger partial charge >= 0.3 is 0 Å². The van der Waals surface area contributed by atoms with Gasteiger partial charge in [-0.3, -0.25) is 9.59 Å². The third kappa shape index (κ3) is 8.35. The van der Waals surface area contributed by atoms with Crippen LogP contribution >= 0.6 is 0 Å². The van der Waals surface area contributed by atoms with Crippen LogP contribution in [0.25, 0.3) is 0 Å². The smallest absolute Gasteiger partial charge is 0.224 e. The standard InChI is InChI=1S/C20H29N3O2/c1-17(24)22(15-18-9-6-5-7-10-18)14-11-19(25)23(13-8-12-21)16-20(2,3)4/h5-7,9-10H,8,11,13-16H2,1-4H3. The van der Waals surface area contributed by atoms with Crippen molar-refractivity contribution >= 4 is 11.8 Å². The molecule has 0 bridgehead atoms. The molecular weight excluding hydrogens is 314 g/mol. The summed E-state index contributed by atoms with van der Waals surface area (Å²) in [6.45, 7) is 9.65. The first-order chi connectivity index (χ1) is 11.7. The number of benzene rings is 1. The van der Waals surface area contributed by atoms with Gasteiger partial charge in [-0.1, -0.05) is 51.1 Å². The van der Waals surface area contributed by atoms with E-state index >= 15 is 0 Å². The molecule has 0 aliphatic carbocycles. The van der Waals surface area contributed by atoms with E-state index in [2.05, 4.69) is 26.8 Å². The van der Waals surface area contributed by atoms with Crippen LogP contribution in [0, 0.1) is 16.7 Å². The molecule has 1 aromatic rings. The van der Waals surface area contributed by atoms with Crippen LogP contribution < -0.4 is 0 Å². The molecule has 1 aromatic carbocycles. The van der Waals surface area contributed by atoms with E-state index < -0.39 is 0 Å². The Morgan fingerprint density at radius 3 is 2.24 bits per heavy atom. The fourth-order valence-corrected chi connectivity index (χ4v) is 2.59. The van der Waals surface area contributed by atoms with Gasteiger partial charge in [-0.25, -0.2) is 0 Å². The van der Waals surface area contributed by atoms with Crippen molar-refractivity contribution in [1.82, 2.24) is 9.80 Å². The van der Waals surface area contributed by atoms with Crippen molar-refractivity contribution in [2.24, 2.45) is 5.41 Å². The van der Waals surface area contributed by atoms with Crippen LogP contribution in [0.15, 0.2) is 30.3 Å². The quantitative estimate of drug-likeness (QED) is 0.728. The molecular formula is C20H29N3O2. The van der Waals surface area contributed by atoms with Crippen molar-refractivity contribution in [1.29, 1.82) is 5.26 Å². The molecule has 5 heteroatoms. The Balaban J connectivity index is 2.67. The third-order valence-corrected chi connectivity index (χ3v) is 3.77. The molecule has 25 heavy (non-hydrogen) atoms. The van der Waals surface area contributed by atoms with Gasteiger partial charge in [-0.2, -0.15) is 5.26 Å². The van der Waals surface area contributed by atoms with E-state index in [9.17, 15) is 9.59 Å². The number of carbonyl (C=O) groups is 2. The van der Waals surface area contributed by atoms with Crippen LogP contribution in [-0.4, -0.2) is 41.2 Å². The predicted octanol–water partition coefficient (Wildman–Crippen LogP) is 3.21. The number of carbonyl (C=O) groups excluding carboxylic acids is 2. The maximum atomic E-state index is 12.6. The summed E-state index contributed by atoms with van der Waals surface area (Å²) in [7, 11) is 0. The summed E-state index contributed by atoms with van der Waals surface area (Å²) >= 11 is 0. The second kappa shape index (κ2) is 9.83. The van der Waals surface area contributed by atoms with E-state index in [1.807, 2.05) is 30.3 Å². The van der Waals surface area contributed by atoms with Crippen molar-refractivity contribution in [2.75, 3.05) is 19.6 Å². The van der Waals surface area contributed by atoms with Gasteiger partial charge in [0, 0.05) is 39.5 Å². The lowest BCUT2D eigenvalue weighted by atomic mass is 9.96. The Hall–Kier alpha value is -2.35. The van der Waals surface area contributed by atoms with Gasteiger partial charge in [0.15, 0.2) is 0 Å². The minimum absolute atomic E-state index is 0.00973. The molecule has 1 rings (SSSR count). The summed E-state index contributed by atoms with van der Waals surface area (Å²) in [4.78, 5) is 27.9. The lowest BCUT2D eigenvalue weighted by molar-refractivity contribution is -0.134. The first-order valence-corrected chi connectivity index (χ1v) is 8.67. The molecule has 0 unspecified atom stereocenters. The van der Waals surface area contributed by atoms with Crippen LogP contribution in [0.5, 0.6) is 0 Å². The number of hydrogen-bond donors (Lipinski definition) is 0. The average Bonchev–Trinajstić information content (AvgIpc) is 2.54. The summed E-state index contributed by atoms with van der Waals surface area (Å²) in [6, 6.07) is 11.8. The van der Waals surface area contributed by atoms with E-state index in [4.69, 9.17) is 5.26 Å². The van der Waals surface area contributed by atoms with Crippen LogP contribution in [0.3, 0.4) is 0 Å². The molecule has 0 saturated heterocycles. The number of amides is 2. The minimum Gasteiger partial charge on any atom is -0.341 e. The number of rotatable bonds is 8. The summed E-state index contributed by atoms with van der Waals surface area (Å²) < 4.78 is 0. The Labute approximate surface area is 151 Å². The van der Waals surface area contributed by atoms with Crippen LogP contribution in [0.4, 0.5) is 0 Å². The Morgan fingerprint density at radius 2 is 1.72 bits per heavy atom. The summed E-state index contributed by atoms with van der Waals surface area (Å²) in [5.41, 5.74) is 1.01. The zero-order valence-electron chi connectivity index (χ0n) is 15.8. The Kier molecular flexibility index (Phi) is 8.13.